The zero-order chi connectivity index (χ0) is 14.3. The van der Waals surface area contributed by atoms with Gasteiger partial charge in [0.2, 0.25) is 0 Å². The molecular weight excluding hydrogens is 245 g/mol. The number of halogens is 2. The summed E-state index contributed by atoms with van der Waals surface area (Å²) in [6, 6.07) is 1.79. The minimum atomic E-state index is -2.53. The fraction of sp³-hybridized carbons (Fsp3) is 0.357. The largest absolute Gasteiger partial charge is 0.677 e. The van der Waals surface area contributed by atoms with E-state index in [1.165, 1.54) is 0 Å². The van der Waals surface area contributed by atoms with E-state index in [2.05, 4.69) is 4.99 Å². The van der Waals surface area contributed by atoms with E-state index in [4.69, 9.17) is 0 Å². The fourth-order valence-corrected chi connectivity index (χ4v) is 2.72. The van der Waals surface area contributed by atoms with Crippen LogP contribution in [0.15, 0.2) is 28.4 Å². The lowest BCUT2D eigenvalue weighted by Crippen LogP contribution is -2.17. The van der Waals surface area contributed by atoms with E-state index in [9.17, 15) is 8.63 Å². The second kappa shape index (κ2) is 4.80. The van der Waals surface area contributed by atoms with Crippen molar-refractivity contribution >= 4 is 18.7 Å². The molecule has 0 amide bonds. The van der Waals surface area contributed by atoms with Crippen LogP contribution >= 0.6 is 0 Å². The number of hydrogen-bond donors (Lipinski definition) is 0. The van der Waals surface area contributed by atoms with Crippen LogP contribution in [0, 0.1) is 13.8 Å². The Labute approximate surface area is 112 Å². The number of allylic oxidation sites excluding steroid dienone is 3. The van der Waals surface area contributed by atoms with Crippen molar-refractivity contribution in [1.82, 2.24) is 4.48 Å². The molecule has 2 rings (SSSR count). The van der Waals surface area contributed by atoms with Gasteiger partial charge < -0.3 is 4.48 Å². The van der Waals surface area contributed by atoms with Crippen molar-refractivity contribution in [1.29, 1.82) is 0 Å². The third-order valence-electron chi connectivity index (χ3n) is 3.41. The number of aliphatic imine (C=N–C) groups is 1. The Morgan fingerprint density at radius 2 is 1.84 bits per heavy atom. The Balaban J connectivity index is 2.67. The highest BCUT2D eigenvalue weighted by atomic mass is 19.2. The smallest absolute Gasteiger partial charge is 0.329 e. The number of nitrogens with zero attached hydrogens (tertiary/aromatic N) is 2. The van der Waals surface area contributed by atoms with Gasteiger partial charge in [-0.1, -0.05) is 0 Å². The van der Waals surface area contributed by atoms with Crippen LogP contribution in [0.4, 0.5) is 8.63 Å². The molecular formula is C14H17BF2N2. The van der Waals surface area contributed by atoms with Crippen molar-refractivity contribution in [2.24, 2.45) is 4.99 Å². The average Bonchev–Trinajstić information content (AvgIpc) is 2.77. The van der Waals surface area contributed by atoms with Crippen LogP contribution in [-0.2, 0) is 0 Å². The molecule has 1 aliphatic heterocycles. The number of aryl methyl sites for hydroxylation is 2. The lowest BCUT2D eigenvalue weighted by Gasteiger charge is -2.12. The minimum absolute atomic E-state index is 0.572. The summed E-state index contributed by atoms with van der Waals surface area (Å²) in [4.78, 5) is 4.44. The second-order valence-corrected chi connectivity index (χ2v) is 5.02. The molecule has 2 nitrogen and oxygen atoms in total. The molecule has 0 saturated heterocycles. The van der Waals surface area contributed by atoms with Crippen molar-refractivity contribution in [3.8, 4) is 0 Å². The fourth-order valence-electron chi connectivity index (χ4n) is 2.72. The van der Waals surface area contributed by atoms with E-state index < -0.39 is 7.40 Å². The number of aromatic nitrogens is 1. The zero-order valence-corrected chi connectivity index (χ0v) is 11.9. The summed E-state index contributed by atoms with van der Waals surface area (Å²) in [6.07, 6.45) is 1.97. The normalized spacial score (nSPS) is 17.4. The van der Waals surface area contributed by atoms with Gasteiger partial charge in [-0.3, -0.25) is 13.6 Å². The maximum Gasteiger partial charge on any atom is 0.677 e. The highest BCUT2D eigenvalue weighted by Crippen LogP contribution is 2.31. The van der Waals surface area contributed by atoms with Gasteiger partial charge in [-0.25, -0.2) is 0 Å². The molecule has 5 heteroatoms. The van der Waals surface area contributed by atoms with E-state index >= 15 is 0 Å². The van der Waals surface area contributed by atoms with Gasteiger partial charge in [-0.2, -0.15) is 0 Å². The molecule has 0 saturated carbocycles. The lowest BCUT2D eigenvalue weighted by atomic mass is 10.0. The molecule has 0 aromatic carbocycles. The number of rotatable bonds is 2. The summed E-state index contributed by atoms with van der Waals surface area (Å²) in [6.45, 7) is 9.28. The van der Waals surface area contributed by atoms with Crippen molar-refractivity contribution in [3.63, 3.8) is 0 Å². The zero-order valence-electron chi connectivity index (χ0n) is 11.9. The molecule has 2 heterocycles. The Morgan fingerprint density at radius 1 is 1.21 bits per heavy atom. The van der Waals surface area contributed by atoms with Crippen LogP contribution in [0.3, 0.4) is 0 Å². The first-order chi connectivity index (χ1) is 8.82. The van der Waals surface area contributed by atoms with Crippen LogP contribution in [0.5, 0.6) is 0 Å². The van der Waals surface area contributed by atoms with Crippen molar-refractivity contribution < 1.29 is 8.63 Å². The first-order valence-electron chi connectivity index (χ1n) is 6.24. The molecule has 0 N–H and O–H groups in total. The van der Waals surface area contributed by atoms with Crippen LogP contribution in [0.2, 0.25) is 0 Å². The maximum absolute atomic E-state index is 13.2. The van der Waals surface area contributed by atoms with Crippen LogP contribution in [0.1, 0.15) is 37.7 Å². The highest BCUT2D eigenvalue weighted by molar-refractivity contribution is 6.41. The summed E-state index contributed by atoms with van der Waals surface area (Å²) < 4.78 is 27.5. The Bertz CT molecular complexity index is 622. The SMILES string of the molecule is CC1=CC(C)=N/C1=C(/C)c1c(C)cc(C)n1B(F)F. The monoisotopic (exact) mass is 262 g/mol. The van der Waals surface area contributed by atoms with Gasteiger partial charge in [0.25, 0.3) is 0 Å². The summed E-state index contributed by atoms with van der Waals surface area (Å²) in [5.41, 5.74) is 5.55. The molecule has 0 aliphatic carbocycles. The van der Waals surface area contributed by atoms with Crippen LogP contribution in [0.25, 0.3) is 5.57 Å². The van der Waals surface area contributed by atoms with Gasteiger partial charge in [0.1, 0.15) is 0 Å². The molecule has 0 atom stereocenters. The van der Waals surface area contributed by atoms with Crippen LogP contribution < -0.4 is 0 Å². The molecule has 0 bridgehead atoms. The topological polar surface area (TPSA) is 17.3 Å². The van der Waals surface area contributed by atoms with Gasteiger partial charge in [-0.05, 0) is 63.5 Å². The molecule has 1 aromatic heterocycles. The Morgan fingerprint density at radius 3 is 2.32 bits per heavy atom. The third kappa shape index (κ3) is 2.29. The van der Waals surface area contributed by atoms with Crippen molar-refractivity contribution in [2.45, 2.75) is 34.6 Å². The first kappa shape index (κ1) is 13.8. The summed E-state index contributed by atoms with van der Waals surface area (Å²) >= 11 is 0. The molecule has 0 radical (unpaired) electrons. The van der Waals surface area contributed by atoms with E-state index in [0.29, 0.717) is 11.4 Å². The van der Waals surface area contributed by atoms with E-state index in [1.807, 2.05) is 33.8 Å². The second-order valence-electron chi connectivity index (χ2n) is 5.02. The molecule has 19 heavy (non-hydrogen) atoms. The van der Waals surface area contributed by atoms with Gasteiger partial charge in [0, 0.05) is 17.1 Å². The summed E-state index contributed by atoms with van der Waals surface area (Å²) in [7, 11) is -2.53. The first-order valence-corrected chi connectivity index (χ1v) is 6.24. The predicted octanol–water partition coefficient (Wildman–Crippen LogP) is 4.03. The third-order valence-corrected chi connectivity index (χ3v) is 3.41. The summed E-state index contributed by atoms with van der Waals surface area (Å²) in [5.74, 6) is 0. The lowest BCUT2D eigenvalue weighted by molar-refractivity contribution is 0.624. The van der Waals surface area contributed by atoms with Crippen molar-refractivity contribution in [2.75, 3.05) is 0 Å². The standard InChI is InChI=1S/C14H17BF2N2/c1-8-6-10(3)18-13(8)12(5)14-9(2)7-11(4)19(14)15(16)17/h6-7H,1-5H3/b13-12-. The molecule has 1 aromatic rings. The van der Waals surface area contributed by atoms with Crippen LogP contribution in [-0.4, -0.2) is 17.6 Å². The van der Waals surface area contributed by atoms with Gasteiger partial charge >= 0.3 is 7.40 Å². The van der Waals surface area contributed by atoms with Gasteiger partial charge in [-0.15, -0.1) is 0 Å². The highest BCUT2D eigenvalue weighted by Gasteiger charge is 2.26. The van der Waals surface area contributed by atoms with Gasteiger partial charge in [0.05, 0.1) is 5.70 Å². The predicted molar refractivity (Wildman–Crippen MR) is 76.7 cm³/mol. The van der Waals surface area contributed by atoms with E-state index in [0.717, 1.165) is 32.6 Å². The molecule has 0 spiro atoms. The maximum atomic E-state index is 13.2. The summed E-state index contributed by atoms with van der Waals surface area (Å²) in [5, 5.41) is 0. The minimum Gasteiger partial charge on any atom is -0.329 e. The average molecular weight is 262 g/mol. The Kier molecular flexibility index (Phi) is 3.48. The Hall–Kier alpha value is -1.65. The molecule has 100 valence electrons. The quantitative estimate of drug-likeness (QED) is 0.716. The molecule has 0 unspecified atom stereocenters. The van der Waals surface area contributed by atoms with E-state index in [1.54, 1.807) is 13.0 Å². The molecule has 1 aliphatic rings. The van der Waals surface area contributed by atoms with E-state index in [-0.39, 0.29) is 0 Å². The van der Waals surface area contributed by atoms with Gasteiger partial charge in [0.15, 0.2) is 0 Å². The van der Waals surface area contributed by atoms with Crippen molar-refractivity contribution in [3.05, 3.63) is 40.4 Å². The number of hydrogen-bond acceptors (Lipinski definition) is 1. The molecule has 0 fully saturated rings.